The van der Waals surface area contributed by atoms with E-state index >= 15 is 0 Å². The summed E-state index contributed by atoms with van der Waals surface area (Å²) in [5.74, 6) is 5.47. The average Bonchev–Trinajstić information content (AvgIpc) is 3.17. The summed E-state index contributed by atoms with van der Waals surface area (Å²) in [6.45, 7) is 0. The standard InChI is InChI=1S/C14H22S4/c1-9(3-12-6-15-12)2-11(5-14-8-17-14)18-10(1)4-13-7-16-13/h9-14H,1-8H2. The van der Waals surface area contributed by atoms with Crippen LogP contribution in [0, 0.1) is 5.92 Å². The van der Waals surface area contributed by atoms with Crippen LogP contribution in [0.2, 0.25) is 0 Å². The lowest BCUT2D eigenvalue weighted by Crippen LogP contribution is -2.27. The van der Waals surface area contributed by atoms with Crippen LogP contribution in [-0.2, 0) is 0 Å². The molecule has 0 aromatic rings. The minimum atomic E-state index is 1.02. The van der Waals surface area contributed by atoms with Crippen molar-refractivity contribution in [2.45, 2.75) is 58.4 Å². The second kappa shape index (κ2) is 5.65. The Morgan fingerprint density at radius 2 is 1.06 bits per heavy atom. The Morgan fingerprint density at radius 1 is 0.611 bits per heavy atom. The summed E-state index contributed by atoms with van der Waals surface area (Å²) in [4.78, 5) is 0. The SMILES string of the molecule is C1SC1CC1CC(CC2CS2)SC(CC2CS2)C1. The Balaban J connectivity index is 1.33. The van der Waals surface area contributed by atoms with Crippen LogP contribution in [0.1, 0.15) is 32.1 Å². The molecule has 0 radical (unpaired) electrons. The summed E-state index contributed by atoms with van der Waals surface area (Å²) in [6.07, 6.45) is 7.70. The van der Waals surface area contributed by atoms with Crippen LogP contribution in [0.5, 0.6) is 0 Å². The Bertz CT molecular complexity index is 243. The van der Waals surface area contributed by atoms with Gasteiger partial charge in [0.1, 0.15) is 0 Å². The van der Waals surface area contributed by atoms with Crippen molar-refractivity contribution in [2.24, 2.45) is 5.92 Å². The number of rotatable bonds is 6. The lowest BCUT2D eigenvalue weighted by Gasteiger charge is -2.34. The van der Waals surface area contributed by atoms with Crippen LogP contribution in [0.3, 0.4) is 0 Å². The molecule has 102 valence electrons. The van der Waals surface area contributed by atoms with E-state index in [9.17, 15) is 0 Å². The molecule has 4 saturated heterocycles. The van der Waals surface area contributed by atoms with Crippen molar-refractivity contribution >= 4 is 47.0 Å². The first kappa shape index (κ1) is 13.1. The molecule has 4 rings (SSSR count). The molecule has 4 aliphatic heterocycles. The first-order chi connectivity index (χ1) is 8.85. The lowest BCUT2D eigenvalue weighted by molar-refractivity contribution is 0.389. The molecule has 0 N–H and O–H groups in total. The van der Waals surface area contributed by atoms with Gasteiger partial charge in [0.2, 0.25) is 0 Å². The van der Waals surface area contributed by atoms with E-state index in [-0.39, 0.29) is 0 Å². The van der Waals surface area contributed by atoms with Crippen LogP contribution in [0.25, 0.3) is 0 Å². The molecule has 0 saturated carbocycles. The fourth-order valence-electron chi connectivity index (χ4n) is 3.29. The van der Waals surface area contributed by atoms with E-state index in [4.69, 9.17) is 0 Å². The van der Waals surface area contributed by atoms with Gasteiger partial charge in [0, 0.05) is 43.5 Å². The molecule has 0 aliphatic carbocycles. The van der Waals surface area contributed by atoms with Gasteiger partial charge in [-0.3, -0.25) is 0 Å². The second-order valence-electron chi connectivity index (χ2n) is 6.29. The Morgan fingerprint density at radius 3 is 1.50 bits per heavy atom. The topological polar surface area (TPSA) is 0 Å². The zero-order valence-corrected chi connectivity index (χ0v) is 14.0. The molecule has 0 aromatic carbocycles. The average molecular weight is 319 g/mol. The van der Waals surface area contributed by atoms with Gasteiger partial charge in [0.15, 0.2) is 0 Å². The zero-order valence-electron chi connectivity index (χ0n) is 10.8. The summed E-state index contributed by atoms with van der Waals surface area (Å²) in [5, 5.41) is 5.19. The van der Waals surface area contributed by atoms with Crippen LogP contribution in [-0.4, -0.2) is 43.5 Å². The Hall–Kier alpha value is 1.40. The summed E-state index contributed by atoms with van der Waals surface area (Å²) in [6, 6.07) is 0. The number of hydrogen-bond acceptors (Lipinski definition) is 4. The molecule has 0 nitrogen and oxygen atoms in total. The molecular formula is C14H22S4. The van der Waals surface area contributed by atoms with E-state index in [2.05, 4.69) is 47.0 Å². The van der Waals surface area contributed by atoms with Gasteiger partial charge in [-0.15, -0.1) is 0 Å². The van der Waals surface area contributed by atoms with Gasteiger partial charge in [-0.1, -0.05) is 0 Å². The van der Waals surface area contributed by atoms with E-state index in [1.807, 2.05) is 0 Å². The van der Waals surface area contributed by atoms with Crippen molar-refractivity contribution in [3.05, 3.63) is 0 Å². The molecular weight excluding hydrogens is 296 g/mol. The molecule has 4 heterocycles. The van der Waals surface area contributed by atoms with Crippen molar-refractivity contribution in [1.29, 1.82) is 0 Å². The van der Waals surface area contributed by atoms with E-state index < -0.39 is 0 Å². The molecule has 4 heteroatoms. The largest absolute Gasteiger partial charge is 0.157 e. The zero-order chi connectivity index (χ0) is 11.9. The van der Waals surface area contributed by atoms with Crippen molar-refractivity contribution in [3.8, 4) is 0 Å². The Kier molecular flexibility index (Phi) is 4.11. The molecule has 5 unspecified atom stereocenters. The third kappa shape index (κ3) is 3.95. The highest BCUT2D eigenvalue weighted by atomic mass is 32.2. The van der Waals surface area contributed by atoms with Crippen LogP contribution >= 0.6 is 47.0 Å². The van der Waals surface area contributed by atoms with E-state index in [1.54, 1.807) is 19.3 Å². The van der Waals surface area contributed by atoms with Gasteiger partial charge in [-0.2, -0.15) is 47.0 Å². The van der Waals surface area contributed by atoms with E-state index in [0.717, 1.165) is 32.2 Å². The maximum Gasteiger partial charge on any atom is 0.0149 e. The van der Waals surface area contributed by atoms with Crippen LogP contribution in [0.15, 0.2) is 0 Å². The maximum atomic E-state index is 2.39. The highest BCUT2D eigenvalue weighted by molar-refractivity contribution is 8.07. The summed E-state index contributed by atoms with van der Waals surface area (Å²) < 4.78 is 0. The smallest absolute Gasteiger partial charge is 0.0149 e. The normalized spacial score (nSPS) is 50.0. The van der Waals surface area contributed by atoms with Crippen molar-refractivity contribution < 1.29 is 0 Å². The third-order valence-corrected chi connectivity index (χ3v) is 8.96. The fraction of sp³-hybridized carbons (Fsp3) is 1.00. The predicted octanol–water partition coefficient (Wildman–Crippen LogP) is 4.38. The van der Waals surface area contributed by atoms with Crippen LogP contribution in [0.4, 0.5) is 0 Å². The molecule has 4 aliphatic rings. The monoisotopic (exact) mass is 318 g/mol. The quantitative estimate of drug-likeness (QED) is 0.666. The molecule has 18 heavy (non-hydrogen) atoms. The minimum Gasteiger partial charge on any atom is -0.157 e. The maximum absolute atomic E-state index is 2.39. The summed E-state index contributed by atoms with van der Waals surface area (Å²) in [5.41, 5.74) is 0. The summed E-state index contributed by atoms with van der Waals surface area (Å²) in [7, 11) is 0. The lowest BCUT2D eigenvalue weighted by atomic mass is 9.90. The first-order valence-corrected chi connectivity index (χ1v) is 11.4. The van der Waals surface area contributed by atoms with Crippen molar-refractivity contribution in [1.82, 2.24) is 0 Å². The predicted molar refractivity (Wildman–Crippen MR) is 90.5 cm³/mol. The molecule has 5 atom stereocenters. The van der Waals surface area contributed by atoms with Gasteiger partial charge < -0.3 is 0 Å². The molecule has 0 spiro atoms. The molecule has 0 bridgehead atoms. The van der Waals surface area contributed by atoms with Crippen molar-refractivity contribution in [3.63, 3.8) is 0 Å². The summed E-state index contributed by atoms with van der Waals surface area (Å²) >= 11 is 8.98. The highest BCUT2D eigenvalue weighted by Crippen LogP contribution is 2.49. The van der Waals surface area contributed by atoms with Crippen LogP contribution < -0.4 is 0 Å². The first-order valence-electron chi connectivity index (χ1n) is 7.35. The van der Waals surface area contributed by atoms with Gasteiger partial charge in [-0.25, -0.2) is 0 Å². The van der Waals surface area contributed by atoms with E-state index in [1.165, 1.54) is 30.1 Å². The fourth-order valence-corrected chi connectivity index (χ4v) is 7.49. The molecule has 0 aromatic heterocycles. The number of hydrogen-bond donors (Lipinski definition) is 0. The van der Waals surface area contributed by atoms with Crippen molar-refractivity contribution in [2.75, 3.05) is 17.3 Å². The van der Waals surface area contributed by atoms with Gasteiger partial charge in [-0.05, 0) is 38.0 Å². The third-order valence-electron chi connectivity index (χ3n) is 4.43. The van der Waals surface area contributed by atoms with Gasteiger partial charge in [0.25, 0.3) is 0 Å². The highest BCUT2D eigenvalue weighted by Gasteiger charge is 2.38. The van der Waals surface area contributed by atoms with Gasteiger partial charge >= 0.3 is 0 Å². The molecule has 0 amide bonds. The second-order valence-corrected chi connectivity index (χ2v) is 11.9. The molecule has 4 fully saturated rings. The van der Waals surface area contributed by atoms with Gasteiger partial charge in [0.05, 0.1) is 0 Å². The minimum absolute atomic E-state index is 1.02. The Labute approximate surface area is 128 Å². The number of thioether (sulfide) groups is 4. The van der Waals surface area contributed by atoms with E-state index in [0.29, 0.717) is 0 Å².